The van der Waals surface area contributed by atoms with Crippen molar-refractivity contribution in [2.24, 2.45) is 0 Å². The van der Waals surface area contributed by atoms with Crippen molar-refractivity contribution in [1.29, 1.82) is 0 Å². The molecule has 0 aliphatic carbocycles. The molecule has 10 N–H and O–H groups in total. The first kappa shape index (κ1) is 95.3. The highest BCUT2D eigenvalue weighted by Gasteiger charge is 2.29. The van der Waals surface area contributed by atoms with Crippen LogP contribution in [-0.2, 0) is 45.1 Å². The lowest BCUT2D eigenvalue weighted by molar-refractivity contribution is 0.0992. The van der Waals surface area contributed by atoms with Gasteiger partial charge in [-0.1, -0.05) is 25.7 Å². The van der Waals surface area contributed by atoms with Gasteiger partial charge in [-0.3, -0.25) is 0 Å². The Hall–Kier alpha value is -9.36. The molecule has 0 bridgehead atoms. The molecule has 2 fully saturated rings. The number of unbranched alkanes of at least 4 members (excludes halogenated alkanes) is 5. The number of aromatic nitrogens is 12. The minimum atomic E-state index is 0.691. The maximum atomic E-state index is 6.09. The summed E-state index contributed by atoms with van der Waals surface area (Å²) in [5, 5.41) is 7.09. The van der Waals surface area contributed by atoms with Gasteiger partial charge in [-0.05, 0) is 149 Å². The first-order valence-electron chi connectivity index (χ1n) is 46.2. The molecule has 0 saturated carbocycles. The Bertz CT molecular complexity index is 4090. The lowest BCUT2D eigenvalue weighted by atomic mass is 10.1. The number of likely N-dealkylation sites (tertiary alicyclic amines) is 2. The number of nitrogens with one attached hydrogen (secondary N) is 2. The van der Waals surface area contributed by atoms with Crippen LogP contribution < -0.4 is 72.8 Å². The van der Waals surface area contributed by atoms with Gasteiger partial charge in [-0.15, -0.1) is 0 Å². The van der Waals surface area contributed by atoms with E-state index in [9.17, 15) is 0 Å². The fourth-order valence-electron chi connectivity index (χ4n) is 16.5. The number of fused-ring (bicyclic) bond motifs is 4. The smallest absolute Gasteiger partial charge is 0.152 e. The fourth-order valence-corrected chi connectivity index (χ4v) is 16.5. The summed E-state index contributed by atoms with van der Waals surface area (Å²) in [5.74, 6) is 4.12. The Kier molecular flexibility index (Phi) is 41.9. The second kappa shape index (κ2) is 54.5. The first-order chi connectivity index (χ1) is 60.8. The van der Waals surface area contributed by atoms with Crippen molar-refractivity contribution >= 4 is 68.8 Å². The molecule has 124 heavy (non-hydrogen) atoms. The lowest BCUT2D eigenvalue weighted by Gasteiger charge is -2.38. The van der Waals surface area contributed by atoms with Crippen molar-refractivity contribution in [1.82, 2.24) is 88.4 Å². The predicted molar refractivity (Wildman–Crippen MR) is 505 cm³/mol. The van der Waals surface area contributed by atoms with Crippen LogP contribution in [-0.4, -0.2) is 342 Å². The third-order valence-electron chi connectivity index (χ3n) is 23.6. The third kappa shape index (κ3) is 33.5. The van der Waals surface area contributed by atoms with Crippen LogP contribution in [0.5, 0.6) is 0 Å². The Labute approximate surface area is 738 Å². The number of hydrogen-bond acceptors (Lipinski definition) is 30. The molecule has 6 aliphatic rings. The maximum Gasteiger partial charge on any atom is 0.152 e. The zero-order valence-electron chi connectivity index (χ0n) is 75.4. The van der Waals surface area contributed by atoms with E-state index in [1.807, 2.05) is 81.0 Å². The number of piperidine rings is 2. The number of nitrogen functional groups attached to an aromatic ring is 4. The number of pyridine rings is 4. The van der Waals surface area contributed by atoms with Gasteiger partial charge in [-0.25, -0.2) is 39.9 Å². The molecular formula is C90H150N30O4. The minimum Gasteiger partial charge on any atom is -0.397 e. The van der Waals surface area contributed by atoms with Gasteiger partial charge in [0.15, 0.2) is 23.3 Å². The normalized spacial score (nSPS) is 15.5. The van der Waals surface area contributed by atoms with E-state index in [4.69, 9.17) is 46.9 Å². The molecule has 8 aromatic rings. The Balaban J connectivity index is 0.000000161. The summed E-state index contributed by atoms with van der Waals surface area (Å²) < 4.78 is 32.0. The highest BCUT2D eigenvalue weighted by molar-refractivity contribution is 5.76. The molecule has 8 aromatic heterocycles. The van der Waals surface area contributed by atoms with Gasteiger partial charge in [-0.2, -0.15) is 0 Å². The molecule has 0 radical (unpaired) electrons. The van der Waals surface area contributed by atoms with Crippen LogP contribution in [0.1, 0.15) is 89.9 Å². The molecule has 34 nitrogen and oxygen atoms in total. The second-order valence-electron chi connectivity index (χ2n) is 33.7. The molecule has 34 heteroatoms. The van der Waals surface area contributed by atoms with Crippen LogP contribution in [0.3, 0.4) is 0 Å². The maximum absolute atomic E-state index is 6.09. The zero-order valence-corrected chi connectivity index (χ0v) is 75.4. The number of ether oxygens (including phenoxy) is 4. The standard InChI is InChI=1S/C25H44N6O2.C24H37N9.C22H33N9.C19H36N6O2/c26-23-21-24-25(27-22-23)31(16-20-33-18-14-29-9-5-2-6-10-29)12-11-30(24)15-19-32-17-13-28-7-3-1-4-8-28;25-22-18-23-24(29-19-22)33(15-9-26-6-5-11-31-14-8-28-21-31)17-16-32(23)12-4-2-1-3-10-30-13-7-27-20-30;23-20-16-21-22(27-17-20)31(13-7-24-4-10-29-12-6-26-19-29)15-14-30(21)9-3-1-2-8-28-11-5-25-18-28;1-22(2)7-11-26-13-9-24-5-6-25(10-14-27-12-8-23(3)4)19-18(24)15-17(20)16-21-19/h21-22H,1-20,26H2;7-8,13-14,18-21,26H,1-6,9-12,15-17,25H2;5-6,11-12,16-19,24H,1-4,7-10,13-15,23H2;15-16H,5-14,20H2,1-4H3. The van der Waals surface area contributed by atoms with Gasteiger partial charge >= 0.3 is 0 Å². The molecule has 14 rings (SSSR count). The van der Waals surface area contributed by atoms with Crippen molar-refractivity contribution in [2.45, 2.75) is 116 Å². The molecule has 14 heterocycles. The number of rotatable bonds is 50. The van der Waals surface area contributed by atoms with Gasteiger partial charge in [0.2, 0.25) is 0 Å². The van der Waals surface area contributed by atoms with Crippen molar-refractivity contribution in [3.05, 3.63) is 124 Å². The fraction of sp³-hybridized carbons (Fsp3) is 0.644. The summed E-state index contributed by atoms with van der Waals surface area (Å²) in [5.41, 5.74) is 31.7. The van der Waals surface area contributed by atoms with Crippen LogP contribution in [0, 0.1) is 0 Å². The molecular weight excluding hydrogens is 1570 g/mol. The number of aryl methyl sites for hydroxylation is 3. The van der Waals surface area contributed by atoms with Crippen molar-refractivity contribution < 1.29 is 18.9 Å². The topological polar surface area (TPSA) is 327 Å². The molecule has 6 aliphatic heterocycles. The molecule has 0 unspecified atom stereocenters. The summed E-state index contributed by atoms with van der Waals surface area (Å²) in [7, 11) is 8.21. The SMILES string of the molecule is CN(C)CCOCCN1CCN(CCOCCN(C)C)c2ncc(N)cc21.Nc1cnc2c(c1)N(CCCCCCn1ccnc1)CCN2CCNCCCn1ccnc1.Nc1cnc2c(c1)N(CCCCCn1ccnc1)CCN2CCNCCn1ccnc1.Nc1cnc2c(c1)N(CCOCCN1CCCCC1)CCN2CCOCCN1CCCCC1. The minimum absolute atomic E-state index is 0.691. The Morgan fingerprint density at radius 1 is 0.290 bits per heavy atom. The Morgan fingerprint density at radius 2 is 0.573 bits per heavy atom. The number of nitrogens with two attached hydrogens (primary N) is 4. The number of anilines is 12. The Morgan fingerprint density at radius 3 is 0.927 bits per heavy atom. The lowest BCUT2D eigenvalue weighted by Crippen LogP contribution is -2.44. The first-order valence-corrected chi connectivity index (χ1v) is 46.2. The summed E-state index contributed by atoms with van der Waals surface area (Å²) >= 11 is 0. The summed E-state index contributed by atoms with van der Waals surface area (Å²) in [6.45, 7) is 37.9. The van der Waals surface area contributed by atoms with E-state index in [0.717, 1.165) is 275 Å². The van der Waals surface area contributed by atoms with Gasteiger partial charge in [0.25, 0.3) is 0 Å². The van der Waals surface area contributed by atoms with E-state index >= 15 is 0 Å². The number of hydrogen-bond donors (Lipinski definition) is 6. The summed E-state index contributed by atoms with van der Waals surface area (Å²) in [4.78, 5) is 63.3. The average Bonchev–Trinajstić information content (AvgIpc) is 1.29. The van der Waals surface area contributed by atoms with Crippen LogP contribution >= 0.6 is 0 Å². The number of imidazole rings is 4. The number of nitrogens with zero attached hydrogens (tertiary/aromatic N) is 24. The average molecular weight is 1720 g/mol. The van der Waals surface area contributed by atoms with Crippen LogP contribution in [0.15, 0.2) is 124 Å². The highest BCUT2D eigenvalue weighted by Crippen LogP contribution is 2.37. The predicted octanol–water partition coefficient (Wildman–Crippen LogP) is 7.21. The van der Waals surface area contributed by atoms with Gasteiger partial charge in [0.05, 0.1) is 148 Å². The zero-order chi connectivity index (χ0) is 86.4. The quantitative estimate of drug-likeness (QED) is 0.0205. The van der Waals surface area contributed by atoms with Crippen molar-refractivity contribution in [2.75, 3.05) is 326 Å². The molecule has 684 valence electrons. The number of likely N-dealkylation sites (N-methyl/N-ethyl adjacent to an activating group) is 2. The summed E-state index contributed by atoms with van der Waals surface area (Å²) in [6, 6.07) is 8.24. The van der Waals surface area contributed by atoms with Gasteiger partial charge in [0.1, 0.15) is 0 Å². The third-order valence-corrected chi connectivity index (χ3v) is 23.6. The van der Waals surface area contributed by atoms with Gasteiger partial charge < -0.3 is 130 Å². The van der Waals surface area contributed by atoms with E-state index in [0.29, 0.717) is 24.6 Å². The molecule has 2 saturated heterocycles. The van der Waals surface area contributed by atoms with Crippen LogP contribution in [0.4, 0.5) is 68.8 Å². The molecule has 0 aromatic carbocycles. The summed E-state index contributed by atoms with van der Waals surface area (Å²) in [6.07, 6.45) is 47.5. The van der Waals surface area contributed by atoms with E-state index in [1.54, 1.807) is 24.8 Å². The van der Waals surface area contributed by atoms with Crippen LogP contribution in [0.25, 0.3) is 0 Å². The molecule has 0 spiro atoms. The highest BCUT2D eigenvalue weighted by atomic mass is 16.5. The molecule has 0 atom stereocenters. The van der Waals surface area contributed by atoms with Crippen molar-refractivity contribution in [3.8, 4) is 0 Å². The van der Waals surface area contributed by atoms with Crippen molar-refractivity contribution in [3.63, 3.8) is 0 Å². The van der Waals surface area contributed by atoms with Gasteiger partial charge in [0, 0.05) is 226 Å². The van der Waals surface area contributed by atoms with E-state index < -0.39 is 0 Å². The molecule has 0 amide bonds. The van der Waals surface area contributed by atoms with E-state index in [-0.39, 0.29) is 0 Å². The van der Waals surface area contributed by atoms with Crippen LogP contribution in [0.2, 0.25) is 0 Å². The van der Waals surface area contributed by atoms with E-state index in [1.165, 1.54) is 121 Å². The largest absolute Gasteiger partial charge is 0.397 e. The van der Waals surface area contributed by atoms with E-state index in [2.05, 4.69) is 169 Å². The monoisotopic (exact) mass is 1720 g/mol. The second-order valence-corrected chi connectivity index (χ2v) is 33.7.